The number of rotatable bonds is 4. The highest BCUT2D eigenvalue weighted by atomic mass is 32.2. The molecule has 6 nitrogen and oxygen atoms in total. The molecule has 23 heavy (non-hydrogen) atoms. The van der Waals surface area contributed by atoms with Crippen molar-refractivity contribution in [2.75, 3.05) is 26.2 Å². The summed E-state index contributed by atoms with van der Waals surface area (Å²) < 4.78 is 38.2. The number of ether oxygens (including phenoxy) is 1. The zero-order chi connectivity index (χ0) is 15.9. The van der Waals surface area contributed by atoms with Gasteiger partial charge in [0.05, 0.1) is 36.5 Å². The molecule has 1 aliphatic carbocycles. The highest BCUT2D eigenvalue weighted by molar-refractivity contribution is 7.90. The molecule has 0 spiro atoms. The normalized spacial score (nSPS) is 30.8. The lowest BCUT2D eigenvalue weighted by Gasteiger charge is -2.39. The average molecular weight is 340 g/mol. The van der Waals surface area contributed by atoms with Gasteiger partial charge in [0.2, 0.25) is 10.0 Å². The molecule has 3 aliphatic rings. The van der Waals surface area contributed by atoms with Crippen molar-refractivity contribution < 1.29 is 17.6 Å². The van der Waals surface area contributed by atoms with Crippen molar-refractivity contribution in [3.8, 4) is 0 Å². The molecule has 7 heteroatoms. The minimum Gasteiger partial charge on any atom is -0.472 e. The van der Waals surface area contributed by atoms with Crippen molar-refractivity contribution in [3.05, 3.63) is 24.2 Å². The fourth-order valence-electron chi connectivity index (χ4n) is 3.77. The zero-order valence-electron chi connectivity index (χ0n) is 13.3. The molecule has 0 N–H and O–H groups in total. The van der Waals surface area contributed by atoms with Gasteiger partial charge in [0.25, 0.3) is 0 Å². The van der Waals surface area contributed by atoms with Gasteiger partial charge in [-0.05, 0) is 31.7 Å². The summed E-state index contributed by atoms with van der Waals surface area (Å²) in [5.74, 6) is 0. The number of morpholine rings is 1. The first kappa shape index (κ1) is 15.6. The summed E-state index contributed by atoms with van der Waals surface area (Å²) in [6.45, 7) is 3.72. The van der Waals surface area contributed by atoms with Crippen LogP contribution >= 0.6 is 0 Å². The Kier molecular flexibility index (Phi) is 4.21. The first-order chi connectivity index (χ1) is 11.1. The Hall–Kier alpha value is -0.890. The van der Waals surface area contributed by atoms with Crippen molar-refractivity contribution in [2.24, 2.45) is 0 Å². The van der Waals surface area contributed by atoms with Gasteiger partial charge >= 0.3 is 0 Å². The Morgan fingerprint density at radius 2 is 1.96 bits per heavy atom. The predicted molar refractivity (Wildman–Crippen MR) is 85.4 cm³/mol. The number of hydrogen-bond acceptors (Lipinski definition) is 5. The molecule has 1 aromatic rings. The number of hydrogen-bond donors (Lipinski definition) is 0. The zero-order valence-corrected chi connectivity index (χ0v) is 14.1. The van der Waals surface area contributed by atoms with Gasteiger partial charge in [-0.1, -0.05) is 0 Å². The van der Waals surface area contributed by atoms with Crippen molar-refractivity contribution in [1.82, 2.24) is 9.21 Å². The molecule has 2 saturated heterocycles. The second kappa shape index (κ2) is 6.20. The van der Waals surface area contributed by atoms with Crippen LogP contribution in [0.2, 0.25) is 0 Å². The van der Waals surface area contributed by atoms with E-state index in [4.69, 9.17) is 9.15 Å². The molecule has 128 valence electrons. The third-order valence-electron chi connectivity index (χ3n) is 5.17. The number of sulfonamides is 1. The highest BCUT2D eigenvalue weighted by Crippen LogP contribution is 2.35. The van der Waals surface area contributed by atoms with Crippen LogP contribution in [0.5, 0.6) is 0 Å². The second-order valence-corrected chi connectivity index (χ2v) is 8.98. The van der Waals surface area contributed by atoms with Gasteiger partial charge in [-0.15, -0.1) is 0 Å². The van der Waals surface area contributed by atoms with Crippen LogP contribution in [0.4, 0.5) is 0 Å². The number of likely N-dealkylation sites (tertiary alicyclic amines) is 1. The lowest BCUT2D eigenvalue weighted by molar-refractivity contribution is -0.0409. The van der Waals surface area contributed by atoms with Crippen molar-refractivity contribution in [3.63, 3.8) is 0 Å². The molecule has 0 radical (unpaired) electrons. The van der Waals surface area contributed by atoms with E-state index in [0.29, 0.717) is 13.2 Å². The third-order valence-corrected chi connectivity index (χ3v) is 7.59. The van der Waals surface area contributed by atoms with Gasteiger partial charge < -0.3 is 9.15 Å². The minimum atomic E-state index is -3.12. The molecule has 0 bridgehead atoms. The minimum absolute atomic E-state index is 0.00343. The highest BCUT2D eigenvalue weighted by Gasteiger charge is 2.46. The largest absolute Gasteiger partial charge is 0.472 e. The summed E-state index contributed by atoms with van der Waals surface area (Å²) >= 11 is 0. The van der Waals surface area contributed by atoms with Gasteiger partial charge in [0.15, 0.2) is 0 Å². The van der Waals surface area contributed by atoms with Gasteiger partial charge in [-0.25, -0.2) is 8.42 Å². The predicted octanol–water partition coefficient (Wildman–Crippen LogP) is 1.44. The molecule has 0 amide bonds. The summed E-state index contributed by atoms with van der Waals surface area (Å²) in [6, 6.07) is 1.99. The number of nitrogens with zero attached hydrogens (tertiary/aromatic N) is 2. The molecular formula is C16H24N2O4S. The standard InChI is InChI=1S/C16H24N2O4S/c19-23(20,14-1-2-14)18-8-10-22-16-4-7-17(6-3-15(16)18)11-13-5-9-21-12-13/h5,9,12,14-16H,1-4,6-8,10-11H2/t15-,16-/m0/s1. The molecule has 0 unspecified atom stereocenters. The fraction of sp³-hybridized carbons (Fsp3) is 0.750. The Balaban J connectivity index is 1.46. The SMILES string of the molecule is O=S(=O)(C1CC1)N1CCO[C@H]2CCN(Cc3ccoc3)CC[C@@H]21. The van der Waals surface area contributed by atoms with E-state index in [1.165, 1.54) is 5.56 Å². The Morgan fingerprint density at radius 1 is 1.13 bits per heavy atom. The van der Waals surface area contributed by atoms with Crippen LogP contribution in [0.15, 0.2) is 23.0 Å². The van der Waals surface area contributed by atoms with Gasteiger partial charge in [0, 0.05) is 31.7 Å². The van der Waals surface area contributed by atoms with Crippen LogP contribution in [0.3, 0.4) is 0 Å². The molecule has 1 saturated carbocycles. The first-order valence-corrected chi connectivity index (χ1v) is 10.0. The van der Waals surface area contributed by atoms with Crippen LogP contribution in [0.1, 0.15) is 31.2 Å². The second-order valence-electron chi connectivity index (χ2n) is 6.82. The van der Waals surface area contributed by atoms with E-state index in [9.17, 15) is 8.42 Å². The summed E-state index contributed by atoms with van der Waals surface area (Å²) in [6.07, 6.45) is 6.88. The molecule has 0 aromatic carbocycles. The maximum atomic E-state index is 12.7. The van der Waals surface area contributed by atoms with E-state index in [1.54, 1.807) is 16.8 Å². The molecule has 2 atom stereocenters. The van der Waals surface area contributed by atoms with Gasteiger partial charge in [-0.3, -0.25) is 4.90 Å². The molecule has 4 rings (SSSR count). The van der Waals surface area contributed by atoms with Gasteiger partial charge in [-0.2, -0.15) is 4.31 Å². The van der Waals surface area contributed by atoms with E-state index in [0.717, 1.165) is 45.3 Å². The molecule has 2 aliphatic heterocycles. The van der Waals surface area contributed by atoms with Crippen molar-refractivity contribution in [1.29, 1.82) is 0 Å². The van der Waals surface area contributed by atoms with Crippen LogP contribution in [0.25, 0.3) is 0 Å². The maximum Gasteiger partial charge on any atom is 0.217 e. The van der Waals surface area contributed by atoms with E-state index in [-0.39, 0.29) is 17.4 Å². The lowest BCUT2D eigenvalue weighted by atomic mass is 10.0. The maximum absolute atomic E-state index is 12.7. The molecular weight excluding hydrogens is 316 g/mol. The van der Waals surface area contributed by atoms with Crippen molar-refractivity contribution >= 4 is 10.0 Å². The summed E-state index contributed by atoms with van der Waals surface area (Å²) in [4.78, 5) is 2.37. The average Bonchev–Trinajstić information content (AvgIpc) is 3.32. The topological polar surface area (TPSA) is 63.0 Å². The summed E-state index contributed by atoms with van der Waals surface area (Å²) in [5.41, 5.74) is 1.17. The number of fused-ring (bicyclic) bond motifs is 1. The third kappa shape index (κ3) is 3.20. The summed E-state index contributed by atoms with van der Waals surface area (Å²) in [5, 5.41) is -0.133. The monoisotopic (exact) mass is 340 g/mol. The Morgan fingerprint density at radius 3 is 2.70 bits per heavy atom. The smallest absolute Gasteiger partial charge is 0.217 e. The molecule has 1 aromatic heterocycles. The van der Waals surface area contributed by atoms with E-state index in [2.05, 4.69) is 4.90 Å². The Labute approximate surface area is 137 Å². The van der Waals surface area contributed by atoms with E-state index >= 15 is 0 Å². The van der Waals surface area contributed by atoms with Crippen LogP contribution in [-0.4, -0.2) is 61.3 Å². The van der Waals surface area contributed by atoms with Gasteiger partial charge in [0.1, 0.15) is 0 Å². The fourth-order valence-corrected chi connectivity index (χ4v) is 5.83. The Bertz CT molecular complexity index is 627. The van der Waals surface area contributed by atoms with Crippen LogP contribution < -0.4 is 0 Å². The van der Waals surface area contributed by atoms with E-state index in [1.807, 2.05) is 6.07 Å². The van der Waals surface area contributed by atoms with Crippen molar-refractivity contribution in [2.45, 2.75) is 49.6 Å². The quantitative estimate of drug-likeness (QED) is 0.830. The van der Waals surface area contributed by atoms with Crippen LogP contribution in [-0.2, 0) is 21.3 Å². The van der Waals surface area contributed by atoms with E-state index < -0.39 is 10.0 Å². The first-order valence-electron chi connectivity index (χ1n) is 8.50. The molecule has 3 fully saturated rings. The number of furan rings is 1. The lowest BCUT2D eigenvalue weighted by Crippen LogP contribution is -2.54. The summed E-state index contributed by atoms with van der Waals surface area (Å²) in [7, 11) is -3.12. The molecule has 3 heterocycles. The van der Waals surface area contributed by atoms with Crippen LogP contribution in [0, 0.1) is 0 Å².